The number of amides is 1. The highest BCUT2D eigenvalue weighted by Gasteiger charge is 2.41. The number of hydrogen-bond donors (Lipinski definition) is 6. The molecule has 0 bridgehead atoms. The number of nitrogens with zero attached hydrogens (tertiary/aromatic N) is 1. The summed E-state index contributed by atoms with van der Waals surface area (Å²) in [7, 11) is 0. The lowest BCUT2D eigenvalue weighted by molar-refractivity contribution is -0.283. The Labute approximate surface area is 294 Å². The maximum absolute atomic E-state index is 12.4. The van der Waals surface area contributed by atoms with Crippen LogP contribution in [0.4, 0.5) is 4.79 Å². The lowest BCUT2D eigenvalue weighted by atomic mass is 9.89. The quantitative estimate of drug-likeness (QED) is 0.191. The van der Waals surface area contributed by atoms with Crippen molar-refractivity contribution in [3.8, 4) is 0 Å². The monoisotopic (exact) mass is 702 g/mol. The molecule has 2 aliphatic heterocycles. The lowest BCUT2D eigenvalue weighted by Gasteiger charge is -2.42. The van der Waals surface area contributed by atoms with Crippen molar-refractivity contribution in [3.63, 3.8) is 0 Å². The van der Waals surface area contributed by atoms with Gasteiger partial charge in [0.25, 0.3) is 0 Å². The largest absolute Gasteiger partial charge is 0.444 e. The molecule has 0 aromatic heterocycles. The van der Waals surface area contributed by atoms with Gasteiger partial charge in [-0.2, -0.15) is 0 Å². The van der Waals surface area contributed by atoms with Crippen molar-refractivity contribution in [2.75, 3.05) is 26.3 Å². The molecule has 3 aliphatic rings. The van der Waals surface area contributed by atoms with Gasteiger partial charge in [0.2, 0.25) is 0 Å². The van der Waals surface area contributed by atoms with Gasteiger partial charge in [0.15, 0.2) is 12.6 Å². The Hall–Kier alpha value is -2.69. The standard InChI is InChI=1S/C37H54N2O11/c1-37(2,3)50-36(45)38-25-14-16-26(17-15-25)39(19-27(40)18-31-29(42)21-46-34(48-31)23-10-6-4-7-11-23)20-28(41)32(44)33-30(43)22-47-35(49-33)24-12-8-5-9-13-24/h4-13,25-35,40-44H,14-22H2,1-3H3,(H,38,45)/t25?,26?,27-,28+,29-,30-,31+,32-,33-,34?,35?/m1/s1. The van der Waals surface area contributed by atoms with Gasteiger partial charge in [-0.25, -0.2) is 4.79 Å². The summed E-state index contributed by atoms with van der Waals surface area (Å²) in [5.41, 5.74) is 0.915. The zero-order chi connectivity index (χ0) is 35.8. The highest BCUT2D eigenvalue weighted by Crippen LogP contribution is 2.32. The third-order valence-electron chi connectivity index (χ3n) is 9.40. The number of aliphatic hydroxyl groups excluding tert-OH is 5. The average Bonchev–Trinajstić information content (AvgIpc) is 3.09. The maximum atomic E-state index is 12.4. The molecule has 0 radical (unpaired) electrons. The molecule has 2 aromatic carbocycles. The van der Waals surface area contributed by atoms with E-state index in [0.29, 0.717) is 25.7 Å². The van der Waals surface area contributed by atoms with Crippen LogP contribution in [-0.2, 0) is 23.7 Å². The van der Waals surface area contributed by atoms with Crippen LogP contribution in [0, 0.1) is 0 Å². The fourth-order valence-electron chi connectivity index (χ4n) is 6.84. The van der Waals surface area contributed by atoms with Crippen molar-refractivity contribution < 1.29 is 54.0 Å². The first-order chi connectivity index (χ1) is 23.9. The van der Waals surface area contributed by atoms with E-state index < -0.39 is 67.0 Å². The summed E-state index contributed by atoms with van der Waals surface area (Å²) in [5, 5.41) is 58.4. The zero-order valence-electron chi connectivity index (χ0n) is 29.1. The molecule has 13 nitrogen and oxygen atoms in total. The number of rotatable bonds is 12. The molecule has 0 spiro atoms. The predicted octanol–water partition coefficient (Wildman–Crippen LogP) is 2.55. The van der Waals surface area contributed by atoms with E-state index in [4.69, 9.17) is 23.7 Å². The second kappa shape index (κ2) is 17.7. The highest BCUT2D eigenvalue weighted by atomic mass is 16.7. The van der Waals surface area contributed by atoms with Crippen molar-refractivity contribution in [1.82, 2.24) is 10.2 Å². The molecule has 6 N–H and O–H groups in total. The number of alkyl carbamates (subject to hydrolysis) is 1. The number of nitrogens with one attached hydrogen (secondary N) is 1. The molecule has 2 aromatic rings. The zero-order valence-corrected chi connectivity index (χ0v) is 29.1. The Kier molecular flexibility index (Phi) is 13.6. The smallest absolute Gasteiger partial charge is 0.407 e. The molecule has 50 heavy (non-hydrogen) atoms. The van der Waals surface area contributed by atoms with Gasteiger partial charge in [0.1, 0.15) is 30.0 Å². The van der Waals surface area contributed by atoms with Gasteiger partial charge in [-0.1, -0.05) is 60.7 Å². The number of benzene rings is 2. The Morgan fingerprint density at radius 3 is 1.98 bits per heavy atom. The Balaban J connectivity index is 1.24. The second-order valence-electron chi connectivity index (χ2n) is 14.6. The number of carbonyl (C=O) groups excluding carboxylic acids is 1. The van der Waals surface area contributed by atoms with Crippen LogP contribution in [0.25, 0.3) is 0 Å². The molecule has 3 fully saturated rings. The van der Waals surface area contributed by atoms with E-state index in [1.807, 2.05) is 86.3 Å². The van der Waals surface area contributed by atoms with Gasteiger partial charge in [-0.15, -0.1) is 0 Å². The summed E-state index contributed by atoms with van der Waals surface area (Å²) < 4.78 is 28.8. The maximum Gasteiger partial charge on any atom is 0.407 e. The number of carbonyl (C=O) groups is 1. The van der Waals surface area contributed by atoms with Crippen molar-refractivity contribution >= 4 is 6.09 Å². The van der Waals surface area contributed by atoms with E-state index in [9.17, 15) is 30.3 Å². The third kappa shape index (κ3) is 10.9. The number of ether oxygens (including phenoxy) is 5. The molecule has 2 saturated heterocycles. The second-order valence-corrected chi connectivity index (χ2v) is 14.6. The van der Waals surface area contributed by atoms with E-state index in [0.717, 1.165) is 11.1 Å². The third-order valence-corrected chi connectivity index (χ3v) is 9.40. The molecule has 9 atom stereocenters. The van der Waals surface area contributed by atoms with Crippen LogP contribution >= 0.6 is 0 Å². The van der Waals surface area contributed by atoms with Crippen molar-refractivity contribution in [2.24, 2.45) is 0 Å². The first kappa shape index (κ1) is 38.5. The van der Waals surface area contributed by atoms with Crippen LogP contribution in [-0.4, -0.2) is 123 Å². The Morgan fingerprint density at radius 1 is 0.840 bits per heavy atom. The van der Waals surface area contributed by atoms with Crippen molar-refractivity contribution in [3.05, 3.63) is 71.8 Å². The highest BCUT2D eigenvalue weighted by molar-refractivity contribution is 5.68. The van der Waals surface area contributed by atoms with E-state index in [1.165, 1.54) is 0 Å². The fourth-order valence-corrected chi connectivity index (χ4v) is 6.84. The Morgan fingerprint density at radius 2 is 1.40 bits per heavy atom. The molecule has 2 unspecified atom stereocenters. The summed E-state index contributed by atoms with van der Waals surface area (Å²) in [6.45, 7) is 5.49. The molecule has 1 saturated carbocycles. The Bertz CT molecular complexity index is 1310. The summed E-state index contributed by atoms with van der Waals surface area (Å²) in [4.78, 5) is 14.3. The van der Waals surface area contributed by atoms with Crippen LogP contribution in [0.5, 0.6) is 0 Å². The van der Waals surface area contributed by atoms with E-state index in [2.05, 4.69) is 5.32 Å². The molecule has 5 rings (SSSR count). The van der Waals surface area contributed by atoms with Gasteiger partial charge < -0.3 is 54.5 Å². The van der Waals surface area contributed by atoms with Gasteiger partial charge in [-0.3, -0.25) is 4.90 Å². The van der Waals surface area contributed by atoms with Gasteiger partial charge in [0, 0.05) is 42.7 Å². The molecular formula is C37H54N2O11. The first-order valence-electron chi connectivity index (χ1n) is 17.6. The minimum absolute atomic E-state index is 0.0275. The van der Waals surface area contributed by atoms with Crippen LogP contribution in [0.1, 0.15) is 76.6 Å². The average molecular weight is 703 g/mol. The molecule has 1 aliphatic carbocycles. The van der Waals surface area contributed by atoms with E-state index in [-0.39, 0.29) is 44.8 Å². The fraction of sp³-hybridized carbons (Fsp3) is 0.649. The van der Waals surface area contributed by atoms with Crippen molar-refractivity contribution in [2.45, 2.75) is 126 Å². The first-order valence-corrected chi connectivity index (χ1v) is 17.6. The van der Waals surface area contributed by atoms with Gasteiger partial charge >= 0.3 is 6.09 Å². The molecular weight excluding hydrogens is 648 g/mol. The van der Waals surface area contributed by atoms with Crippen molar-refractivity contribution in [1.29, 1.82) is 0 Å². The lowest BCUT2D eigenvalue weighted by Crippen LogP contribution is -2.56. The van der Waals surface area contributed by atoms with Crippen LogP contribution in [0.2, 0.25) is 0 Å². The summed E-state index contributed by atoms with van der Waals surface area (Å²) in [5.74, 6) is 0. The molecule has 2 heterocycles. The summed E-state index contributed by atoms with van der Waals surface area (Å²) in [6, 6.07) is 18.4. The van der Waals surface area contributed by atoms with Crippen LogP contribution < -0.4 is 5.32 Å². The summed E-state index contributed by atoms with van der Waals surface area (Å²) in [6.07, 6.45) is -6.96. The van der Waals surface area contributed by atoms with Gasteiger partial charge in [-0.05, 0) is 46.5 Å². The predicted molar refractivity (Wildman–Crippen MR) is 182 cm³/mol. The summed E-state index contributed by atoms with van der Waals surface area (Å²) >= 11 is 0. The van der Waals surface area contributed by atoms with Crippen LogP contribution in [0.3, 0.4) is 0 Å². The number of hydrogen-bond acceptors (Lipinski definition) is 12. The van der Waals surface area contributed by atoms with E-state index in [1.54, 1.807) is 0 Å². The van der Waals surface area contributed by atoms with Gasteiger partial charge in [0.05, 0.1) is 31.5 Å². The SMILES string of the molecule is CC(C)(C)OC(=O)NC1CCC(N(C[C@H](O)C[C@@H]2OC(c3ccccc3)OC[C@H]2O)C[C@H](O)[C@@H](O)[C@@H]2OC(c3ccccc3)OC[C@H]2O)CC1. The topological polar surface area (TPSA) is 180 Å². The number of aliphatic hydroxyl groups is 5. The van der Waals surface area contributed by atoms with Crippen LogP contribution in [0.15, 0.2) is 60.7 Å². The normalized spacial score (nSPS) is 31.1. The molecule has 278 valence electrons. The minimum Gasteiger partial charge on any atom is -0.444 e. The van der Waals surface area contributed by atoms with E-state index >= 15 is 0 Å². The molecule has 1 amide bonds. The molecule has 13 heteroatoms. The minimum atomic E-state index is -1.46.